The molecular formula is C12H13FN2O2S. The molecule has 0 spiro atoms. The van der Waals surface area contributed by atoms with Gasteiger partial charge in [0.2, 0.25) is 0 Å². The Morgan fingerprint density at radius 2 is 2.33 bits per heavy atom. The fourth-order valence-corrected chi connectivity index (χ4v) is 2.52. The van der Waals surface area contributed by atoms with E-state index in [1.54, 1.807) is 6.07 Å². The Bertz CT molecular complexity index is 583. The van der Waals surface area contributed by atoms with Gasteiger partial charge in [-0.05, 0) is 18.6 Å². The summed E-state index contributed by atoms with van der Waals surface area (Å²) in [6, 6.07) is 4.44. The van der Waals surface area contributed by atoms with Gasteiger partial charge < -0.3 is 9.67 Å². The highest BCUT2D eigenvalue weighted by molar-refractivity contribution is 7.99. The number of hydrogen-bond donors (Lipinski definition) is 1. The van der Waals surface area contributed by atoms with Crippen LogP contribution in [0, 0.1) is 5.82 Å². The van der Waals surface area contributed by atoms with E-state index < -0.39 is 5.97 Å². The monoisotopic (exact) mass is 268 g/mol. The summed E-state index contributed by atoms with van der Waals surface area (Å²) in [5, 5.41) is 9.32. The highest BCUT2D eigenvalue weighted by atomic mass is 32.2. The predicted octanol–water partition coefficient (Wildman–Crippen LogP) is 2.76. The normalized spacial score (nSPS) is 11.0. The molecule has 1 heterocycles. The molecule has 0 radical (unpaired) electrons. The van der Waals surface area contributed by atoms with E-state index in [1.807, 2.05) is 11.5 Å². The first-order chi connectivity index (χ1) is 8.61. The molecule has 0 saturated heterocycles. The molecule has 96 valence electrons. The summed E-state index contributed by atoms with van der Waals surface area (Å²) in [7, 11) is 0. The second-order valence-corrected chi connectivity index (χ2v) is 4.80. The number of nitrogens with zero attached hydrogens (tertiary/aromatic N) is 2. The molecule has 0 aliphatic heterocycles. The van der Waals surface area contributed by atoms with Crippen LogP contribution in [0.2, 0.25) is 0 Å². The first-order valence-corrected chi connectivity index (χ1v) is 6.60. The lowest BCUT2D eigenvalue weighted by Gasteiger charge is -2.05. The minimum absolute atomic E-state index is 0.0461. The molecule has 0 fully saturated rings. The molecule has 18 heavy (non-hydrogen) atoms. The van der Waals surface area contributed by atoms with Gasteiger partial charge in [-0.2, -0.15) is 0 Å². The van der Waals surface area contributed by atoms with E-state index in [0.29, 0.717) is 10.7 Å². The van der Waals surface area contributed by atoms with Gasteiger partial charge in [0.1, 0.15) is 5.82 Å². The maximum absolute atomic E-state index is 13.1. The zero-order chi connectivity index (χ0) is 13.1. The number of rotatable bonds is 5. The third-order valence-corrected chi connectivity index (χ3v) is 3.41. The van der Waals surface area contributed by atoms with E-state index in [-0.39, 0.29) is 11.6 Å². The number of carbonyl (C=O) groups is 1. The number of fused-ring (bicyclic) bond motifs is 1. The quantitative estimate of drug-likeness (QED) is 0.847. The number of benzene rings is 1. The summed E-state index contributed by atoms with van der Waals surface area (Å²) in [6.07, 6.45) is 0.906. The van der Waals surface area contributed by atoms with Crippen molar-refractivity contribution in [2.24, 2.45) is 0 Å². The molecule has 0 atom stereocenters. The van der Waals surface area contributed by atoms with E-state index in [2.05, 4.69) is 4.98 Å². The minimum atomic E-state index is -0.888. The van der Waals surface area contributed by atoms with E-state index in [9.17, 15) is 9.18 Å². The van der Waals surface area contributed by atoms with Crippen molar-refractivity contribution in [3.63, 3.8) is 0 Å². The van der Waals surface area contributed by atoms with Crippen molar-refractivity contribution >= 4 is 28.8 Å². The zero-order valence-corrected chi connectivity index (χ0v) is 10.7. The van der Waals surface area contributed by atoms with Crippen LogP contribution >= 0.6 is 11.8 Å². The standard InChI is InChI=1S/C12H13FN2O2S/c1-2-5-15-10-4-3-8(13)6-9(10)14-12(15)18-7-11(16)17/h3-4,6H,2,5,7H2,1H3,(H,16,17). The van der Waals surface area contributed by atoms with Gasteiger partial charge in [0.15, 0.2) is 5.16 Å². The molecule has 4 nitrogen and oxygen atoms in total. The number of imidazole rings is 1. The van der Waals surface area contributed by atoms with E-state index in [1.165, 1.54) is 12.1 Å². The molecule has 2 aromatic rings. The van der Waals surface area contributed by atoms with Gasteiger partial charge in [-0.25, -0.2) is 9.37 Å². The van der Waals surface area contributed by atoms with Crippen molar-refractivity contribution in [1.29, 1.82) is 0 Å². The smallest absolute Gasteiger partial charge is 0.313 e. The number of thioether (sulfide) groups is 1. The van der Waals surface area contributed by atoms with Crippen molar-refractivity contribution in [2.45, 2.75) is 25.0 Å². The third kappa shape index (κ3) is 2.64. The molecule has 0 unspecified atom stereocenters. The Morgan fingerprint density at radius 1 is 1.56 bits per heavy atom. The summed E-state index contributed by atoms with van der Waals surface area (Å²) < 4.78 is 15.1. The van der Waals surface area contributed by atoms with Crippen LogP contribution in [0.5, 0.6) is 0 Å². The minimum Gasteiger partial charge on any atom is -0.481 e. The van der Waals surface area contributed by atoms with Crippen LogP contribution in [-0.4, -0.2) is 26.4 Å². The SMILES string of the molecule is CCCn1c(SCC(=O)O)nc2cc(F)ccc21. The summed E-state index contributed by atoms with van der Waals surface area (Å²) in [5.74, 6) is -1.27. The molecule has 0 bridgehead atoms. The maximum atomic E-state index is 13.1. The van der Waals surface area contributed by atoms with Crippen LogP contribution in [0.4, 0.5) is 4.39 Å². The molecule has 0 aliphatic carbocycles. The topological polar surface area (TPSA) is 55.1 Å². The van der Waals surface area contributed by atoms with Crippen molar-refractivity contribution in [3.8, 4) is 0 Å². The second-order valence-electron chi connectivity index (χ2n) is 3.86. The molecule has 0 aliphatic rings. The molecule has 2 rings (SSSR count). The fourth-order valence-electron chi connectivity index (χ4n) is 1.76. The summed E-state index contributed by atoms with van der Waals surface area (Å²) in [4.78, 5) is 14.9. The lowest BCUT2D eigenvalue weighted by atomic mass is 10.3. The molecule has 6 heteroatoms. The predicted molar refractivity (Wildman–Crippen MR) is 68.3 cm³/mol. The van der Waals surface area contributed by atoms with Gasteiger partial charge in [-0.1, -0.05) is 18.7 Å². The molecule has 0 amide bonds. The first kappa shape index (κ1) is 12.9. The first-order valence-electron chi connectivity index (χ1n) is 5.62. The highest BCUT2D eigenvalue weighted by Crippen LogP contribution is 2.25. The Labute approximate surface area is 108 Å². The van der Waals surface area contributed by atoms with Crippen LogP contribution < -0.4 is 0 Å². The largest absolute Gasteiger partial charge is 0.481 e. The third-order valence-electron chi connectivity index (χ3n) is 2.45. The van der Waals surface area contributed by atoms with Crippen LogP contribution in [-0.2, 0) is 11.3 Å². The van der Waals surface area contributed by atoms with Crippen molar-refractivity contribution in [2.75, 3.05) is 5.75 Å². The summed E-state index contributed by atoms with van der Waals surface area (Å²) in [5.41, 5.74) is 1.41. The average Bonchev–Trinajstić information content (AvgIpc) is 2.64. The Balaban J connectivity index is 2.43. The van der Waals surface area contributed by atoms with Gasteiger partial charge in [-0.3, -0.25) is 4.79 Å². The van der Waals surface area contributed by atoms with Crippen molar-refractivity contribution in [1.82, 2.24) is 9.55 Å². The Kier molecular flexibility index (Phi) is 3.86. The van der Waals surface area contributed by atoms with Gasteiger partial charge in [0, 0.05) is 12.6 Å². The molecule has 1 N–H and O–H groups in total. The second kappa shape index (κ2) is 5.39. The lowest BCUT2D eigenvalue weighted by Crippen LogP contribution is -2.03. The number of aromatic nitrogens is 2. The van der Waals surface area contributed by atoms with E-state index in [0.717, 1.165) is 30.2 Å². The summed E-state index contributed by atoms with van der Waals surface area (Å²) in [6.45, 7) is 2.77. The number of aliphatic carboxylic acids is 1. The summed E-state index contributed by atoms with van der Waals surface area (Å²) >= 11 is 1.16. The van der Waals surface area contributed by atoms with Crippen LogP contribution in [0.25, 0.3) is 11.0 Å². The lowest BCUT2D eigenvalue weighted by molar-refractivity contribution is -0.133. The van der Waals surface area contributed by atoms with Gasteiger partial charge in [0.25, 0.3) is 0 Å². The molecule has 1 aromatic heterocycles. The number of carboxylic acid groups (broad SMARTS) is 1. The zero-order valence-electron chi connectivity index (χ0n) is 9.89. The highest BCUT2D eigenvalue weighted by Gasteiger charge is 2.12. The Hall–Kier alpha value is -1.56. The van der Waals surface area contributed by atoms with Crippen LogP contribution in [0.1, 0.15) is 13.3 Å². The number of aryl methyl sites for hydroxylation is 1. The van der Waals surface area contributed by atoms with Gasteiger partial charge in [0.05, 0.1) is 16.8 Å². The van der Waals surface area contributed by atoms with Crippen LogP contribution in [0.3, 0.4) is 0 Å². The molecule has 0 saturated carbocycles. The maximum Gasteiger partial charge on any atom is 0.313 e. The number of halogens is 1. The van der Waals surface area contributed by atoms with E-state index >= 15 is 0 Å². The number of hydrogen-bond acceptors (Lipinski definition) is 3. The average molecular weight is 268 g/mol. The molecule has 1 aromatic carbocycles. The Morgan fingerprint density at radius 3 is 3.00 bits per heavy atom. The van der Waals surface area contributed by atoms with Crippen molar-refractivity contribution < 1.29 is 14.3 Å². The van der Waals surface area contributed by atoms with Crippen LogP contribution in [0.15, 0.2) is 23.4 Å². The molecular weight excluding hydrogens is 255 g/mol. The van der Waals surface area contributed by atoms with E-state index in [4.69, 9.17) is 5.11 Å². The van der Waals surface area contributed by atoms with Gasteiger partial charge >= 0.3 is 5.97 Å². The number of carboxylic acids is 1. The van der Waals surface area contributed by atoms with Gasteiger partial charge in [-0.15, -0.1) is 0 Å². The van der Waals surface area contributed by atoms with Crippen molar-refractivity contribution in [3.05, 3.63) is 24.0 Å². The fraction of sp³-hybridized carbons (Fsp3) is 0.333.